The molecule has 0 saturated carbocycles. The Morgan fingerprint density at radius 2 is 1.95 bits per heavy atom. The monoisotopic (exact) mass is 298 g/mol. The van der Waals surface area contributed by atoms with E-state index < -0.39 is 29.4 Å². The molecule has 0 aliphatic carbocycles. The van der Waals surface area contributed by atoms with Gasteiger partial charge >= 0.3 is 6.09 Å². The van der Waals surface area contributed by atoms with Gasteiger partial charge in [0.15, 0.2) is 11.6 Å². The van der Waals surface area contributed by atoms with Gasteiger partial charge in [-0.2, -0.15) is 0 Å². The van der Waals surface area contributed by atoms with Crippen LogP contribution in [0.15, 0.2) is 12.1 Å². The predicted molar refractivity (Wildman–Crippen MR) is 74.5 cm³/mol. The Bertz CT molecular complexity index is 555. The van der Waals surface area contributed by atoms with Gasteiger partial charge in [-0.25, -0.2) is 13.6 Å². The van der Waals surface area contributed by atoms with Gasteiger partial charge in [0.2, 0.25) is 0 Å². The summed E-state index contributed by atoms with van der Waals surface area (Å²) in [5, 5.41) is 0. The maximum absolute atomic E-state index is 13.4. The Labute approximate surface area is 122 Å². The summed E-state index contributed by atoms with van der Waals surface area (Å²) in [5.74, 6) is -1.86. The average molecular weight is 298 g/mol. The van der Waals surface area contributed by atoms with Crippen LogP contribution >= 0.6 is 0 Å². The van der Waals surface area contributed by atoms with Gasteiger partial charge in [-0.3, -0.25) is 0 Å². The van der Waals surface area contributed by atoms with E-state index in [9.17, 15) is 13.6 Å². The molecule has 1 aliphatic rings. The number of ether oxygens (including phenoxy) is 1. The summed E-state index contributed by atoms with van der Waals surface area (Å²) in [5.41, 5.74) is 6.44. The number of nitrogens with zero attached hydrogens (tertiary/aromatic N) is 1. The molecule has 1 aromatic carbocycles. The summed E-state index contributed by atoms with van der Waals surface area (Å²) in [4.78, 5) is 13.6. The van der Waals surface area contributed by atoms with Gasteiger partial charge in [0, 0.05) is 19.1 Å². The van der Waals surface area contributed by atoms with Crippen molar-refractivity contribution in [3.05, 3.63) is 34.9 Å². The molecule has 2 N–H and O–H groups in total. The third-order valence-corrected chi connectivity index (χ3v) is 3.30. The van der Waals surface area contributed by atoms with Crippen LogP contribution in [0.5, 0.6) is 0 Å². The van der Waals surface area contributed by atoms with Crippen LogP contribution in [-0.2, 0) is 11.3 Å². The van der Waals surface area contributed by atoms with Gasteiger partial charge in [-0.05, 0) is 50.5 Å². The molecule has 0 bridgehead atoms. The Morgan fingerprint density at radius 3 is 2.57 bits per heavy atom. The molecular weight excluding hydrogens is 278 g/mol. The number of carbonyl (C=O) groups is 1. The minimum absolute atomic E-state index is 0.162. The summed E-state index contributed by atoms with van der Waals surface area (Å²) in [6, 6.07) is 1.80. The average Bonchev–Trinajstić information content (AvgIpc) is 2.49. The van der Waals surface area contributed by atoms with E-state index in [2.05, 4.69) is 0 Å². The van der Waals surface area contributed by atoms with Crippen molar-refractivity contribution in [2.24, 2.45) is 5.73 Å². The molecule has 116 valence electrons. The van der Waals surface area contributed by atoms with Crippen molar-refractivity contribution in [2.45, 2.75) is 45.4 Å². The summed E-state index contributed by atoms with van der Waals surface area (Å²) >= 11 is 0. The molecule has 1 amide bonds. The van der Waals surface area contributed by atoms with Crippen molar-refractivity contribution in [3.8, 4) is 0 Å². The van der Waals surface area contributed by atoms with Crippen LogP contribution < -0.4 is 5.73 Å². The van der Waals surface area contributed by atoms with Crippen LogP contribution in [0.4, 0.5) is 13.6 Å². The zero-order chi connectivity index (χ0) is 15.8. The van der Waals surface area contributed by atoms with Crippen molar-refractivity contribution in [3.63, 3.8) is 0 Å². The maximum Gasteiger partial charge on any atom is 0.410 e. The van der Waals surface area contributed by atoms with Crippen molar-refractivity contribution >= 4 is 6.09 Å². The summed E-state index contributed by atoms with van der Waals surface area (Å²) < 4.78 is 32.1. The van der Waals surface area contributed by atoms with Gasteiger partial charge in [0.05, 0.1) is 0 Å². The van der Waals surface area contributed by atoms with E-state index in [0.717, 1.165) is 12.1 Å². The number of fused-ring (bicyclic) bond motifs is 1. The predicted octanol–water partition coefficient (Wildman–Crippen LogP) is 3.11. The highest BCUT2D eigenvalue weighted by atomic mass is 19.2. The number of nitrogens with two attached hydrogens (primary N) is 1. The lowest BCUT2D eigenvalue weighted by atomic mass is 10.00. The number of rotatable bonds is 0. The van der Waals surface area contributed by atoms with Crippen LogP contribution in [-0.4, -0.2) is 23.1 Å². The minimum atomic E-state index is -0.938. The van der Waals surface area contributed by atoms with Crippen LogP contribution in [0.25, 0.3) is 0 Å². The summed E-state index contributed by atoms with van der Waals surface area (Å²) in [6.45, 7) is 5.87. The smallest absolute Gasteiger partial charge is 0.410 e. The topological polar surface area (TPSA) is 55.6 Å². The van der Waals surface area contributed by atoms with Crippen molar-refractivity contribution in [1.82, 2.24) is 4.90 Å². The molecule has 2 rings (SSSR count). The number of amides is 1. The Morgan fingerprint density at radius 1 is 1.33 bits per heavy atom. The lowest BCUT2D eigenvalue weighted by Crippen LogP contribution is -2.36. The first-order chi connectivity index (χ1) is 9.67. The molecule has 0 fully saturated rings. The Hall–Kier alpha value is -1.69. The number of halogens is 2. The van der Waals surface area contributed by atoms with Crippen molar-refractivity contribution in [2.75, 3.05) is 6.54 Å². The third-order valence-electron chi connectivity index (χ3n) is 3.30. The highest BCUT2D eigenvalue weighted by Crippen LogP contribution is 2.28. The molecule has 4 nitrogen and oxygen atoms in total. The van der Waals surface area contributed by atoms with Gasteiger partial charge in [-0.1, -0.05) is 0 Å². The molecule has 0 aromatic heterocycles. The fraction of sp³-hybridized carbons (Fsp3) is 0.533. The van der Waals surface area contributed by atoms with Crippen LogP contribution in [0.3, 0.4) is 0 Å². The molecule has 6 heteroatoms. The van der Waals surface area contributed by atoms with Crippen LogP contribution in [0, 0.1) is 11.6 Å². The summed E-state index contributed by atoms with van der Waals surface area (Å²) in [7, 11) is 0. The zero-order valence-corrected chi connectivity index (χ0v) is 12.5. The van der Waals surface area contributed by atoms with Crippen molar-refractivity contribution in [1.29, 1.82) is 0 Å². The SMILES string of the molecule is CC(C)(C)OC(=O)N1CCC(N)c2cc(F)c(F)cc2C1. The number of hydrogen-bond acceptors (Lipinski definition) is 3. The zero-order valence-electron chi connectivity index (χ0n) is 12.5. The largest absolute Gasteiger partial charge is 0.444 e. The fourth-order valence-corrected chi connectivity index (χ4v) is 2.30. The number of benzene rings is 1. The van der Waals surface area contributed by atoms with E-state index in [1.807, 2.05) is 0 Å². The van der Waals surface area contributed by atoms with Gasteiger partial charge in [0.25, 0.3) is 0 Å². The molecule has 21 heavy (non-hydrogen) atoms. The van der Waals surface area contributed by atoms with Gasteiger partial charge < -0.3 is 15.4 Å². The van der Waals surface area contributed by atoms with E-state index in [-0.39, 0.29) is 6.54 Å². The van der Waals surface area contributed by atoms with E-state index in [4.69, 9.17) is 10.5 Å². The highest BCUT2D eigenvalue weighted by Gasteiger charge is 2.27. The van der Waals surface area contributed by atoms with Gasteiger partial charge in [-0.15, -0.1) is 0 Å². The van der Waals surface area contributed by atoms with Gasteiger partial charge in [0.1, 0.15) is 5.60 Å². The van der Waals surface area contributed by atoms with Crippen LogP contribution in [0.2, 0.25) is 0 Å². The minimum Gasteiger partial charge on any atom is -0.444 e. The quantitative estimate of drug-likeness (QED) is 0.800. The molecule has 1 atom stereocenters. The molecule has 0 radical (unpaired) electrons. The Kier molecular flexibility index (Phi) is 4.18. The lowest BCUT2D eigenvalue weighted by Gasteiger charge is -2.26. The molecule has 0 saturated heterocycles. The van der Waals surface area contributed by atoms with E-state index in [1.54, 1.807) is 20.8 Å². The first kappa shape index (κ1) is 15.7. The second-order valence-electron chi connectivity index (χ2n) is 6.26. The Balaban J connectivity index is 2.27. The molecule has 1 aromatic rings. The van der Waals surface area contributed by atoms with Crippen molar-refractivity contribution < 1.29 is 18.3 Å². The molecular formula is C15H20F2N2O2. The first-order valence-electron chi connectivity index (χ1n) is 6.88. The second kappa shape index (κ2) is 5.60. The maximum atomic E-state index is 13.4. The summed E-state index contributed by atoms with van der Waals surface area (Å²) in [6.07, 6.45) is -0.00981. The third kappa shape index (κ3) is 3.69. The first-order valence-corrected chi connectivity index (χ1v) is 6.88. The standard InChI is InChI=1S/C15H20F2N2O2/c1-15(2,3)21-14(20)19-5-4-13(18)10-7-12(17)11(16)6-9(10)8-19/h6-7,13H,4-5,8,18H2,1-3H3. The van der Waals surface area contributed by atoms with E-state index in [1.165, 1.54) is 4.90 Å². The van der Waals surface area contributed by atoms with E-state index >= 15 is 0 Å². The molecule has 0 spiro atoms. The number of carbonyl (C=O) groups excluding carboxylic acids is 1. The molecule has 1 heterocycles. The van der Waals surface area contributed by atoms with E-state index in [0.29, 0.717) is 24.1 Å². The highest BCUT2D eigenvalue weighted by molar-refractivity contribution is 5.68. The second-order valence-corrected chi connectivity index (χ2v) is 6.26. The van der Waals surface area contributed by atoms with Crippen LogP contribution in [0.1, 0.15) is 44.4 Å². The lowest BCUT2D eigenvalue weighted by molar-refractivity contribution is 0.0234. The number of hydrogen-bond donors (Lipinski definition) is 1. The molecule has 1 unspecified atom stereocenters. The fourth-order valence-electron chi connectivity index (χ4n) is 2.30. The molecule has 1 aliphatic heterocycles. The normalized spacial score (nSPS) is 19.0.